The molecule has 17 heavy (non-hydrogen) atoms. The van der Waals surface area contributed by atoms with Crippen LogP contribution in [0.4, 0.5) is 0 Å². The lowest BCUT2D eigenvalue weighted by Gasteiger charge is -2.40. The monoisotopic (exact) mass is 238 g/mol. The first-order valence-electron chi connectivity index (χ1n) is 7.61. The smallest absolute Gasteiger partial charge is 0.0243 e. The Morgan fingerprint density at radius 3 is 2.41 bits per heavy atom. The van der Waals surface area contributed by atoms with E-state index in [1.54, 1.807) is 0 Å². The molecule has 100 valence electrons. The third-order valence-electron chi connectivity index (χ3n) is 5.10. The first-order chi connectivity index (χ1) is 8.20. The molecule has 0 aliphatic heterocycles. The molecule has 0 amide bonds. The van der Waals surface area contributed by atoms with Gasteiger partial charge >= 0.3 is 0 Å². The van der Waals surface area contributed by atoms with Crippen molar-refractivity contribution >= 4 is 0 Å². The topological polar surface area (TPSA) is 29.3 Å². The van der Waals surface area contributed by atoms with Crippen molar-refractivity contribution in [2.24, 2.45) is 23.5 Å². The van der Waals surface area contributed by atoms with Crippen molar-refractivity contribution in [3.05, 3.63) is 0 Å². The van der Waals surface area contributed by atoms with Gasteiger partial charge in [-0.15, -0.1) is 0 Å². The van der Waals surface area contributed by atoms with Crippen molar-refractivity contribution in [2.75, 3.05) is 20.1 Å². The summed E-state index contributed by atoms with van der Waals surface area (Å²) < 4.78 is 0. The molecule has 2 aliphatic rings. The van der Waals surface area contributed by atoms with Crippen LogP contribution < -0.4 is 5.73 Å². The van der Waals surface area contributed by atoms with Crippen LogP contribution in [-0.4, -0.2) is 31.1 Å². The Hall–Kier alpha value is -0.0800. The van der Waals surface area contributed by atoms with Gasteiger partial charge in [0.1, 0.15) is 0 Å². The van der Waals surface area contributed by atoms with Crippen molar-refractivity contribution in [3.8, 4) is 0 Å². The molecule has 0 aromatic rings. The van der Waals surface area contributed by atoms with Gasteiger partial charge in [0.25, 0.3) is 0 Å². The van der Waals surface area contributed by atoms with E-state index in [0.29, 0.717) is 6.04 Å². The average Bonchev–Trinajstić information content (AvgIpc) is 2.25. The summed E-state index contributed by atoms with van der Waals surface area (Å²) in [7, 11) is 2.30. The van der Waals surface area contributed by atoms with Crippen molar-refractivity contribution in [2.45, 2.75) is 57.9 Å². The van der Waals surface area contributed by atoms with Gasteiger partial charge in [-0.3, -0.25) is 0 Å². The molecule has 0 spiro atoms. The molecule has 0 aromatic heterocycles. The molecule has 2 saturated carbocycles. The Bertz CT molecular complexity index is 225. The Labute approximate surface area is 107 Å². The summed E-state index contributed by atoms with van der Waals surface area (Å²) in [6.45, 7) is 4.54. The van der Waals surface area contributed by atoms with Crippen LogP contribution in [0.2, 0.25) is 0 Å². The second kappa shape index (κ2) is 6.19. The predicted molar refractivity (Wildman–Crippen MR) is 73.9 cm³/mol. The minimum absolute atomic E-state index is 0.637. The highest BCUT2D eigenvalue weighted by Crippen LogP contribution is 2.33. The van der Waals surface area contributed by atoms with Crippen molar-refractivity contribution in [1.29, 1.82) is 0 Å². The van der Waals surface area contributed by atoms with Crippen molar-refractivity contribution < 1.29 is 0 Å². The first-order valence-corrected chi connectivity index (χ1v) is 7.61. The number of hydrogen-bond acceptors (Lipinski definition) is 2. The number of nitrogens with zero attached hydrogens (tertiary/aromatic N) is 1. The molecular formula is C15H30N2. The van der Waals surface area contributed by atoms with Gasteiger partial charge in [-0.25, -0.2) is 0 Å². The molecular weight excluding hydrogens is 208 g/mol. The lowest BCUT2D eigenvalue weighted by molar-refractivity contribution is 0.0988. The van der Waals surface area contributed by atoms with E-state index in [2.05, 4.69) is 18.9 Å². The van der Waals surface area contributed by atoms with Gasteiger partial charge < -0.3 is 10.6 Å². The maximum Gasteiger partial charge on any atom is 0.0243 e. The zero-order chi connectivity index (χ0) is 12.3. The highest BCUT2D eigenvalue weighted by molar-refractivity contribution is 4.85. The van der Waals surface area contributed by atoms with E-state index in [0.717, 1.165) is 24.3 Å². The van der Waals surface area contributed by atoms with Crippen LogP contribution in [0.15, 0.2) is 0 Å². The number of nitrogens with two attached hydrogens (primary N) is 1. The van der Waals surface area contributed by atoms with Gasteiger partial charge in [-0.2, -0.15) is 0 Å². The Morgan fingerprint density at radius 1 is 1.18 bits per heavy atom. The molecule has 3 atom stereocenters. The predicted octanol–water partition coefficient (Wildman–Crippen LogP) is 2.87. The summed E-state index contributed by atoms with van der Waals surface area (Å²) in [4.78, 5) is 2.58. The highest BCUT2D eigenvalue weighted by Gasteiger charge is 2.30. The van der Waals surface area contributed by atoms with E-state index >= 15 is 0 Å². The molecule has 0 saturated heterocycles. The molecule has 2 N–H and O–H groups in total. The lowest BCUT2D eigenvalue weighted by Crippen LogP contribution is -2.47. The summed E-state index contributed by atoms with van der Waals surface area (Å²) in [6.07, 6.45) is 10.00. The van der Waals surface area contributed by atoms with E-state index in [1.165, 1.54) is 51.5 Å². The summed E-state index contributed by atoms with van der Waals surface area (Å²) in [5.74, 6) is 2.74. The van der Waals surface area contributed by atoms with Crippen molar-refractivity contribution in [3.63, 3.8) is 0 Å². The summed E-state index contributed by atoms with van der Waals surface area (Å²) in [5, 5.41) is 0. The third-order valence-corrected chi connectivity index (χ3v) is 5.10. The van der Waals surface area contributed by atoms with Crippen LogP contribution in [0.3, 0.4) is 0 Å². The van der Waals surface area contributed by atoms with Gasteiger partial charge in [0.05, 0.1) is 0 Å². The van der Waals surface area contributed by atoms with Crippen LogP contribution in [0, 0.1) is 17.8 Å². The SMILES string of the molecule is CC1CCCC(C(CN)N(C)CC2CCC2)C1. The fourth-order valence-electron chi connectivity index (χ4n) is 3.78. The van der Waals surface area contributed by atoms with E-state index in [9.17, 15) is 0 Å². The zero-order valence-electron chi connectivity index (χ0n) is 11.7. The Balaban J connectivity index is 1.84. The van der Waals surface area contributed by atoms with Crippen molar-refractivity contribution in [1.82, 2.24) is 4.90 Å². The van der Waals surface area contributed by atoms with Gasteiger partial charge in [0, 0.05) is 19.1 Å². The van der Waals surface area contributed by atoms with Gasteiger partial charge in [0.15, 0.2) is 0 Å². The summed E-state index contributed by atoms with van der Waals surface area (Å²) in [6, 6.07) is 0.637. The maximum absolute atomic E-state index is 6.04. The molecule has 2 heteroatoms. The molecule has 0 radical (unpaired) electrons. The van der Waals surface area contributed by atoms with E-state index in [1.807, 2.05) is 0 Å². The third kappa shape index (κ3) is 3.45. The van der Waals surface area contributed by atoms with E-state index in [4.69, 9.17) is 5.73 Å². The second-order valence-corrected chi connectivity index (χ2v) is 6.57. The molecule has 0 bridgehead atoms. The first kappa shape index (κ1) is 13.4. The fraction of sp³-hybridized carbons (Fsp3) is 1.00. The van der Waals surface area contributed by atoms with Crippen LogP contribution in [0.25, 0.3) is 0 Å². The Morgan fingerprint density at radius 2 is 1.88 bits per heavy atom. The number of rotatable bonds is 5. The molecule has 3 unspecified atom stereocenters. The van der Waals surface area contributed by atoms with Crippen LogP contribution >= 0.6 is 0 Å². The molecule has 2 rings (SSSR count). The van der Waals surface area contributed by atoms with Gasteiger partial charge in [-0.1, -0.05) is 26.2 Å². The molecule has 2 nitrogen and oxygen atoms in total. The quantitative estimate of drug-likeness (QED) is 0.798. The van der Waals surface area contributed by atoms with Crippen LogP contribution in [-0.2, 0) is 0 Å². The molecule has 0 heterocycles. The molecule has 2 aliphatic carbocycles. The molecule has 2 fully saturated rings. The zero-order valence-corrected chi connectivity index (χ0v) is 11.7. The summed E-state index contributed by atoms with van der Waals surface area (Å²) in [5.41, 5.74) is 6.04. The standard InChI is InChI=1S/C15H30N2/c1-12-5-3-8-14(9-12)15(10-16)17(2)11-13-6-4-7-13/h12-15H,3-11,16H2,1-2H3. The normalized spacial score (nSPS) is 32.5. The fourth-order valence-corrected chi connectivity index (χ4v) is 3.78. The maximum atomic E-state index is 6.04. The Kier molecular flexibility index (Phi) is 4.87. The highest BCUT2D eigenvalue weighted by atomic mass is 15.1. The largest absolute Gasteiger partial charge is 0.329 e. The van der Waals surface area contributed by atoms with E-state index in [-0.39, 0.29) is 0 Å². The van der Waals surface area contributed by atoms with E-state index < -0.39 is 0 Å². The summed E-state index contributed by atoms with van der Waals surface area (Å²) >= 11 is 0. The van der Waals surface area contributed by atoms with Crippen LogP contribution in [0.1, 0.15) is 51.9 Å². The molecule has 0 aromatic carbocycles. The number of likely N-dealkylation sites (N-methyl/N-ethyl adjacent to an activating group) is 1. The van der Waals surface area contributed by atoms with Gasteiger partial charge in [-0.05, 0) is 50.5 Å². The van der Waals surface area contributed by atoms with Gasteiger partial charge in [0.2, 0.25) is 0 Å². The van der Waals surface area contributed by atoms with Crippen LogP contribution in [0.5, 0.6) is 0 Å². The lowest BCUT2D eigenvalue weighted by atomic mass is 9.77. The minimum Gasteiger partial charge on any atom is -0.329 e. The average molecular weight is 238 g/mol. The number of hydrogen-bond donors (Lipinski definition) is 1. The minimum atomic E-state index is 0.637. The second-order valence-electron chi connectivity index (χ2n) is 6.57.